The highest BCUT2D eigenvalue weighted by Gasteiger charge is 2.31. The smallest absolute Gasteiger partial charge is 0.416 e. The third-order valence-electron chi connectivity index (χ3n) is 1.93. The molecule has 0 fully saturated rings. The van der Waals surface area contributed by atoms with E-state index < -0.39 is 17.7 Å². The van der Waals surface area contributed by atoms with Gasteiger partial charge in [0.15, 0.2) is 0 Å². The van der Waals surface area contributed by atoms with Gasteiger partial charge in [-0.25, -0.2) is 4.79 Å². The Kier molecular flexibility index (Phi) is 3.77. The summed E-state index contributed by atoms with van der Waals surface area (Å²) in [6.45, 7) is 3.23. The second kappa shape index (κ2) is 4.90. The summed E-state index contributed by atoms with van der Waals surface area (Å²) in [4.78, 5) is 11.4. The lowest BCUT2D eigenvalue weighted by Crippen LogP contribution is -2.12. The second-order valence-corrected chi connectivity index (χ2v) is 3.19. The van der Waals surface area contributed by atoms with Gasteiger partial charge in [0.05, 0.1) is 11.1 Å². The number of hydrogen-bond acceptors (Lipinski definition) is 3. The Balaban J connectivity index is 3.06. The van der Waals surface area contributed by atoms with Crippen LogP contribution in [0.15, 0.2) is 30.9 Å². The van der Waals surface area contributed by atoms with Crippen molar-refractivity contribution in [1.82, 2.24) is 0 Å². The van der Waals surface area contributed by atoms with Gasteiger partial charge < -0.3 is 10.5 Å². The van der Waals surface area contributed by atoms with E-state index in [9.17, 15) is 18.0 Å². The van der Waals surface area contributed by atoms with Crippen LogP contribution in [-0.4, -0.2) is 12.6 Å². The zero-order chi connectivity index (χ0) is 13.1. The van der Waals surface area contributed by atoms with Crippen LogP contribution in [0.1, 0.15) is 15.9 Å². The molecular formula is C11H10F3NO2. The number of alkyl halides is 3. The summed E-state index contributed by atoms with van der Waals surface area (Å²) in [6.07, 6.45) is -3.22. The number of hydrogen-bond donors (Lipinski definition) is 1. The monoisotopic (exact) mass is 245 g/mol. The Labute approximate surface area is 95.7 Å². The first-order valence-electron chi connectivity index (χ1n) is 4.61. The molecule has 1 aromatic carbocycles. The number of rotatable bonds is 3. The fraction of sp³-hybridized carbons (Fsp3) is 0.182. The van der Waals surface area contributed by atoms with Gasteiger partial charge in [-0.1, -0.05) is 12.7 Å². The number of ether oxygens (including phenoxy) is 1. The van der Waals surface area contributed by atoms with Crippen molar-refractivity contribution in [1.29, 1.82) is 0 Å². The van der Waals surface area contributed by atoms with E-state index in [0.29, 0.717) is 6.07 Å². The molecule has 3 nitrogen and oxygen atoms in total. The van der Waals surface area contributed by atoms with Crippen molar-refractivity contribution >= 4 is 11.7 Å². The lowest BCUT2D eigenvalue weighted by Gasteiger charge is -2.10. The molecule has 0 saturated heterocycles. The Morgan fingerprint density at radius 2 is 2.12 bits per heavy atom. The Morgan fingerprint density at radius 3 is 2.65 bits per heavy atom. The summed E-state index contributed by atoms with van der Waals surface area (Å²) < 4.78 is 41.8. The predicted molar refractivity (Wildman–Crippen MR) is 56.3 cm³/mol. The SMILES string of the molecule is C=CCOC(=O)c1cc(C(F)(F)F)ccc1N. The first-order chi connectivity index (χ1) is 7.86. The second-order valence-electron chi connectivity index (χ2n) is 3.19. The van der Waals surface area contributed by atoms with Gasteiger partial charge in [-0.15, -0.1) is 0 Å². The third-order valence-corrected chi connectivity index (χ3v) is 1.93. The molecule has 0 spiro atoms. The van der Waals surface area contributed by atoms with Gasteiger partial charge >= 0.3 is 12.1 Å². The van der Waals surface area contributed by atoms with Gasteiger partial charge in [-0.2, -0.15) is 13.2 Å². The minimum Gasteiger partial charge on any atom is -0.458 e. The molecule has 2 N–H and O–H groups in total. The van der Waals surface area contributed by atoms with Gasteiger partial charge in [0.25, 0.3) is 0 Å². The lowest BCUT2D eigenvalue weighted by molar-refractivity contribution is -0.137. The zero-order valence-electron chi connectivity index (χ0n) is 8.75. The number of carbonyl (C=O) groups excluding carboxylic acids is 1. The fourth-order valence-electron chi connectivity index (χ4n) is 1.12. The molecule has 0 aliphatic carbocycles. The van der Waals surface area contributed by atoms with Crippen LogP contribution in [0.3, 0.4) is 0 Å². The lowest BCUT2D eigenvalue weighted by atomic mass is 10.1. The van der Waals surface area contributed by atoms with E-state index in [1.807, 2.05) is 0 Å². The predicted octanol–water partition coefficient (Wildman–Crippen LogP) is 2.63. The molecule has 0 saturated carbocycles. The molecule has 0 aliphatic rings. The summed E-state index contributed by atoms with van der Waals surface area (Å²) in [6, 6.07) is 2.49. The summed E-state index contributed by atoms with van der Waals surface area (Å²) in [5, 5.41) is 0. The van der Waals surface area contributed by atoms with Gasteiger partial charge in [-0.05, 0) is 18.2 Å². The van der Waals surface area contributed by atoms with Crippen molar-refractivity contribution in [3.63, 3.8) is 0 Å². The summed E-state index contributed by atoms with van der Waals surface area (Å²) in [7, 11) is 0. The maximum atomic E-state index is 12.4. The van der Waals surface area contributed by atoms with Crippen LogP contribution >= 0.6 is 0 Å². The molecule has 0 aliphatic heterocycles. The largest absolute Gasteiger partial charge is 0.458 e. The number of esters is 1. The van der Waals surface area contributed by atoms with E-state index in [0.717, 1.165) is 12.1 Å². The first-order valence-corrected chi connectivity index (χ1v) is 4.61. The van der Waals surface area contributed by atoms with E-state index in [1.165, 1.54) is 6.08 Å². The highest BCUT2D eigenvalue weighted by atomic mass is 19.4. The highest BCUT2D eigenvalue weighted by molar-refractivity contribution is 5.95. The van der Waals surface area contributed by atoms with E-state index in [-0.39, 0.29) is 17.9 Å². The van der Waals surface area contributed by atoms with Crippen molar-refractivity contribution in [3.8, 4) is 0 Å². The van der Waals surface area contributed by atoms with Crippen molar-refractivity contribution in [2.75, 3.05) is 12.3 Å². The summed E-state index contributed by atoms with van der Waals surface area (Å²) in [5.74, 6) is -0.909. The highest BCUT2D eigenvalue weighted by Crippen LogP contribution is 2.31. The number of anilines is 1. The van der Waals surface area contributed by atoms with Crippen LogP contribution in [0.4, 0.5) is 18.9 Å². The molecule has 0 amide bonds. The van der Waals surface area contributed by atoms with Crippen molar-refractivity contribution < 1.29 is 22.7 Å². The van der Waals surface area contributed by atoms with Crippen molar-refractivity contribution in [3.05, 3.63) is 42.0 Å². The quantitative estimate of drug-likeness (QED) is 0.506. The molecule has 0 atom stereocenters. The van der Waals surface area contributed by atoms with E-state index >= 15 is 0 Å². The standard InChI is InChI=1S/C11H10F3NO2/c1-2-5-17-10(16)8-6-7(11(12,13)14)3-4-9(8)15/h2-4,6H,1,5,15H2. The molecule has 0 aromatic heterocycles. The first kappa shape index (κ1) is 13.1. The average Bonchev–Trinajstić information content (AvgIpc) is 2.24. The van der Waals surface area contributed by atoms with Gasteiger partial charge in [0, 0.05) is 5.69 Å². The number of nitrogens with two attached hydrogens (primary N) is 1. The summed E-state index contributed by atoms with van der Waals surface area (Å²) in [5.41, 5.74) is 4.10. The van der Waals surface area contributed by atoms with Crippen LogP contribution in [0, 0.1) is 0 Å². The maximum Gasteiger partial charge on any atom is 0.416 e. The Hall–Kier alpha value is -1.98. The van der Waals surface area contributed by atoms with Gasteiger partial charge in [-0.3, -0.25) is 0 Å². The number of halogens is 3. The topological polar surface area (TPSA) is 52.3 Å². The van der Waals surface area contributed by atoms with E-state index in [2.05, 4.69) is 11.3 Å². The molecule has 0 radical (unpaired) electrons. The molecule has 6 heteroatoms. The van der Waals surface area contributed by atoms with E-state index in [1.54, 1.807) is 0 Å². The van der Waals surface area contributed by atoms with Crippen LogP contribution < -0.4 is 5.73 Å². The Morgan fingerprint density at radius 1 is 1.47 bits per heavy atom. The van der Waals surface area contributed by atoms with Gasteiger partial charge in [0.2, 0.25) is 0 Å². The van der Waals surface area contributed by atoms with Crippen LogP contribution in [-0.2, 0) is 10.9 Å². The zero-order valence-corrected chi connectivity index (χ0v) is 8.75. The molecule has 1 rings (SSSR count). The minimum absolute atomic E-state index is 0.0629. The van der Waals surface area contributed by atoms with E-state index in [4.69, 9.17) is 5.73 Å². The van der Waals surface area contributed by atoms with Crippen LogP contribution in [0.25, 0.3) is 0 Å². The van der Waals surface area contributed by atoms with Crippen LogP contribution in [0.2, 0.25) is 0 Å². The van der Waals surface area contributed by atoms with Gasteiger partial charge in [0.1, 0.15) is 6.61 Å². The molecule has 0 unspecified atom stereocenters. The maximum absolute atomic E-state index is 12.4. The molecule has 92 valence electrons. The van der Waals surface area contributed by atoms with Crippen molar-refractivity contribution in [2.24, 2.45) is 0 Å². The average molecular weight is 245 g/mol. The molecule has 0 heterocycles. The molecule has 17 heavy (non-hydrogen) atoms. The van der Waals surface area contributed by atoms with Crippen molar-refractivity contribution in [2.45, 2.75) is 6.18 Å². The number of nitrogen functional groups attached to an aromatic ring is 1. The normalized spacial score (nSPS) is 11.0. The number of benzene rings is 1. The molecule has 0 bridgehead atoms. The molecule has 1 aromatic rings. The Bertz CT molecular complexity index is 441. The minimum atomic E-state index is -4.53. The summed E-state index contributed by atoms with van der Waals surface area (Å²) >= 11 is 0. The molecular weight excluding hydrogens is 235 g/mol. The number of carbonyl (C=O) groups is 1. The van der Waals surface area contributed by atoms with Crippen LogP contribution in [0.5, 0.6) is 0 Å². The third kappa shape index (κ3) is 3.24. The fourth-order valence-corrected chi connectivity index (χ4v) is 1.12.